The van der Waals surface area contributed by atoms with Crippen LogP contribution in [0, 0.1) is 0 Å². The summed E-state index contributed by atoms with van der Waals surface area (Å²) in [6.07, 6.45) is 0.791. The highest BCUT2D eigenvalue weighted by Gasteiger charge is 2.34. The van der Waals surface area contributed by atoms with Crippen molar-refractivity contribution in [2.45, 2.75) is 11.1 Å². The van der Waals surface area contributed by atoms with Crippen molar-refractivity contribution in [3.05, 3.63) is 11.2 Å². The lowest BCUT2D eigenvalue weighted by Crippen LogP contribution is -2.47. The van der Waals surface area contributed by atoms with Crippen molar-refractivity contribution in [3.8, 4) is 0 Å². The summed E-state index contributed by atoms with van der Waals surface area (Å²) in [5, 5.41) is 12.9. The fourth-order valence-electron chi connectivity index (χ4n) is 1.83. The van der Waals surface area contributed by atoms with E-state index in [2.05, 4.69) is 5.10 Å². The largest absolute Gasteiger partial charge is 0.394 e. The molecule has 0 bridgehead atoms. The van der Waals surface area contributed by atoms with E-state index in [1.54, 1.807) is 0 Å². The normalized spacial score (nSPS) is 22.3. The minimum atomic E-state index is -3.71. The number of aryl methyl sites for hydroxylation is 1. The molecule has 2 rings (SSSR count). The Balaban J connectivity index is 2.31. The Bertz CT molecular complexity index is 510. The quantitative estimate of drug-likeness (QED) is 0.809. The zero-order valence-electron chi connectivity index (χ0n) is 9.78. The second-order valence-electron chi connectivity index (χ2n) is 3.96. The van der Waals surface area contributed by atoms with Crippen LogP contribution in [0.15, 0.2) is 11.2 Å². The minimum absolute atomic E-state index is 0.0391. The summed E-state index contributed by atoms with van der Waals surface area (Å²) >= 11 is 5.85. The van der Waals surface area contributed by atoms with Crippen LogP contribution in [0.5, 0.6) is 0 Å². The number of nitrogens with zero attached hydrogens (tertiary/aromatic N) is 3. The lowest BCUT2D eigenvalue weighted by molar-refractivity contribution is -0.0305. The van der Waals surface area contributed by atoms with E-state index in [0.717, 1.165) is 0 Å². The molecule has 1 saturated heterocycles. The van der Waals surface area contributed by atoms with Gasteiger partial charge in [-0.1, -0.05) is 11.6 Å². The Morgan fingerprint density at radius 1 is 1.67 bits per heavy atom. The molecule has 1 fully saturated rings. The van der Waals surface area contributed by atoms with Crippen LogP contribution in [0.25, 0.3) is 0 Å². The van der Waals surface area contributed by atoms with Gasteiger partial charge >= 0.3 is 0 Å². The van der Waals surface area contributed by atoms with Gasteiger partial charge in [-0.25, -0.2) is 8.42 Å². The van der Waals surface area contributed by atoms with Crippen molar-refractivity contribution >= 4 is 21.6 Å². The van der Waals surface area contributed by atoms with Crippen molar-refractivity contribution in [1.29, 1.82) is 0 Å². The first-order chi connectivity index (χ1) is 8.46. The zero-order valence-corrected chi connectivity index (χ0v) is 11.4. The maximum absolute atomic E-state index is 12.4. The molecule has 1 aliphatic rings. The van der Waals surface area contributed by atoms with Gasteiger partial charge in [-0.2, -0.15) is 9.40 Å². The fourth-order valence-corrected chi connectivity index (χ4v) is 3.89. The molecule has 0 saturated carbocycles. The number of halogens is 1. The molecule has 1 aromatic rings. The standard InChI is InChI=1S/C9H14ClN3O4S/c1-12-9(8(10)4-11-12)18(15,16)13-2-3-17-7(5-13)6-14/h4,7,14H,2-3,5-6H2,1H3. The second kappa shape index (κ2) is 5.14. The summed E-state index contributed by atoms with van der Waals surface area (Å²) in [6.45, 7) is 0.381. The third-order valence-corrected chi connectivity index (χ3v) is 5.10. The van der Waals surface area contributed by atoms with Crippen LogP contribution < -0.4 is 0 Å². The highest BCUT2D eigenvalue weighted by atomic mass is 35.5. The Morgan fingerprint density at radius 3 is 2.94 bits per heavy atom. The molecule has 0 aromatic carbocycles. The average Bonchev–Trinajstić information content (AvgIpc) is 2.69. The third-order valence-electron chi connectivity index (χ3n) is 2.73. The van der Waals surface area contributed by atoms with Gasteiger partial charge in [-0.15, -0.1) is 0 Å². The van der Waals surface area contributed by atoms with Crippen LogP contribution in [-0.4, -0.2) is 60.0 Å². The molecule has 0 radical (unpaired) electrons. The van der Waals surface area contributed by atoms with Crippen molar-refractivity contribution < 1.29 is 18.3 Å². The van der Waals surface area contributed by atoms with E-state index in [4.69, 9.17) is 21.4 Å². The molecule has 1 aromatic heterocycles. The smallest absolute Gasteiger partial charge is 0.261 e. The Kier molecular flexibility index (Phi) is 3.93. The van der Waals surface area contributed by atoms with E-state index in [1.165, 1.54) is 22.2 Å². The molecule has 9 heteroatoms. The monoisotopic (exact) mass is 295 g/mol. The van der Waals surface area contributed by atoms with Gasteiger partial charge in [0.05, 0.1) is 30.5 Å². The summed E-state index contributed by atoms with van der Waals surface area (Å²) in [6, 6.07) is 0. The second-order valence-corrected chi connectivity index (χ2v) is 6.22. The predicted octanol–water partition coefficient (Wildman–Crippen LogP) is -0.545. The number of ether oxygens (including phenoxy) is 1. The van der Waals surface area contributed by atoms with Gasteiger partial charge in [0.25, 0.3) is 10.0 Å². The zero-order chi connectivity index (χ0) is 13.3. The Morgan fingerprint density at radius 2 is 2.39 bits per heavy atom. The lowest BCUT2D eigenvalue weighted by atomic mass is 10.3. The van der Waals surface area contributed by atoms with Crippen LogP contribution in [-0.2, 0) is 21.8 Å². The van der Waals surface area contributed by atoms with Gasteiger partial charge in [0.1, 0.15) is 0 Å². The molecule has 0 aliphatic carbocycles. The van der Waals surface area contributed by atoms with Crippen molar-refractivity contribution in [1.82, 2.24) is 14.1 Å². The average molecular weight is 296 g/mol. The number of morpholine rings is 1. The molecular formula is C9H14ClN3O4S. The van der Waals surface area contributed by atoms with Crippen molar-refractivity contribution in [3.63, 3.8) is 0 Å². The van der Waals surface area contributed by atoms with Crippen molar-refractivity contribution in [2.75, 3.05) is 26.3 Å². The summed E-state index contributed by atoms with van der Waals surface area (Å²) in [5.74, 6) is 0. The minimum Gasteiger partial charge on any atom is -0.394 e. The van der Waals surface area contributed by atoms with Gasteiger partial charge in [0.15, 0.2) is 5.03 Å². The predicted molar refractivity (Wildman–Crippen MR) is 63.8 cm³/mol. The SMILES string of the molecule is Cn1ncc(Cl)c1S(=O)(=O)N1CCOC(CO)C1. The number of aliphatic hydroxyl groups is 1. The number of rotatable bonds is 3. The van der Waals surface area contributed by atoms with Gasteiger partial charge in [0, 0.05) is 20.1 Å². The van der Waals surface area contributed by atoms with E-state index >= 15 is 0 Å². The van der Waals surface area contributed by atoms with Gasteiger partial charge in [0.2, 0.25) is 0 Å². The third kappa shape index (κ3) is 2.39. The van der Waals surface area contributed by atoms with Crippen molar-refractivity contribution in [2.24, 2.45) is 7.05 Å². The molecule has 1 unspecified atom stereocenters. The van der Waals surface area contributed by atoms with Gasteiger partial charge in [-0.05, 0) is 0 Å². The molecule has 2 heterocycles. The van der Waals surface area contributed by atoms with E-state index < -0.39 is 16.1 Å². The number of hydrogen-bond donors (Lipinski definition) is 1. The molecule has 18 heavy (non-hydrogen) atoms. The lowest BCUT2D eigenvalue weighted by Gasteiger charge is -2.31. The van der Waals surface area contributed by atoms with E-state index in [0.29, 0.717) is 0 Å². The van der Waals surface area contributed by atoms with Crippen LogP contribution >= 0.6 is 11.6 Å². The maximum atomic E-state index is 12.4. The molecule has 1 atom stereocenters. The van der Waals surface area contributed by atoms with Crippen LogP contribution in [0.1, 0.15) is 0 Å². The van der Waals surface area contributed by atoms with Crippen LogP contribution in [0.4, 0.5) is 0 Å². The van der Waals surface area contributed by atoms with Crippen LogP contribution in [0.3, 0.4) is 0 Å². The number of hydrogen-bond acceptors (Lipinski definition) is 5. The first-order valence-corrected chi connectivity index (χ1v) is 7.18. The fraction of sp³-hybridized carbons (Fsp3) is 0.667. The topological polar surface area (TPSA) is 84.7 Å². The van der Waals surface area contributed by atoms with Gasteiger partial charge < -0.3 is 9.84 Å². The Hall–Kier alpha value is -0.670. The molecule has 0 spiro atoms. The Labute approximate surface area is 110 Å². The molecule has 1 aliphatic heterocycles. The summed E-state index contributed by atoms with van der Waals surface area (Å²) in [5.41, 5.74) is 0. The molecule has 7 nitrogen and oxygen atoms in total. The molecule has 1 N–H and O–H groups in total. The highest BCUT2D eigenvalue weighted by molar-refractivity contribution is 7.89. The van der Waals surface area contributed by atoms with E-state index in [9.17, 15) is 8.42 Å². The number of aromatic nitrogens is 2. The maximum Gasteiger partial charge on any atom is 0.261 e. The summed E-state index contributed by atoms with van der Waals surface area (Å²) < 4.78 is 32.5. The molecule has 102 valence electrons. The van der Waals surface area contributed by atoms with E-state index in [-0.39, 0.29) is 36.4 Å². The molecule has 0 amide bonds. The first kappa shape index (κ1) is 13.8. The number of sulfonamides is 1. The summed E-state index contributed by atoms with van der Waals surface area (Å²) in [4.78, 5) is 0. The van der Waals surface area contributed by atoms with E-state index in [1.807, 2.05) is 0 Å². The summed E-state index contributed by atoms with van der Waals surface area (Å²) in [7, 11) is -2.20. The number of aliphatic hydroxyl groups excluding tert-OH is 1. The highest BCUT2D eigenvalue weighted by Crippen LogP contribution is 2.24. The first-order valence-electron chi connectivity index (χ1n) is 5.37. The molecular weight excluding hydrogens is 282 g/mol. The van der Waals surface area contributed by atoms with Gasteiger partial charge in [-0.3, -0.25) is 4.68 Å². The van der Waals surface area contributed by atoms with Crippen LogP contribution in [0.2, 0.25) is 5.02 Å².